The topological polar surface area (TPSA) is 70.6 Å². The van der Waals surface area contributed by atoms with Crippen LogP contribution in [0.2, 0.25) is 0 Å². The van der Waals surface area contributed by atoms with Gasteiger partial charge in [0.1, 0.15) is 6.61 Å². The van der Waals surface area contributed by atoms with Crippen molar-refractivity contribution in [3.63, 3.8) is 0 Å². The fraction of sp³-hybridized carbons (Fsp3) is 0.462. The molecule has 2 amide bonds. The maximum absolute atomic E-state index is 11.6. The van der Waals surface area contributed by atoms with Gasteiger partial charge >= 0.3 is 6.03 Å². The van der Waals surface area contributed by atoms with Crippen molar-refractivity contribution >= 4 is 17.4 Å². The quantitative estimate of drug-likeness (QED) is 0.713. The third-order valence-corrected chi connectivity index (χ3v) is 3.64. The van der Waals surface area contributed by atoms with E-state index < -0.39 is 0 Å². The molecule has 0 saturated carbocycles. The Bertz CT molecular complexity index is 484. The molecule has 1 saturated heterocycles. The molecular formula is C13H16N2O3S. The van der Waals surface area contributed by atoms with Crippen LogP contribution < -0.4 is 10.6 Å². The predicted octanol–water partition coefficient (Wildman–Crippen LogP) is 0.680. The Hall–Kier alpha value is -1.55. The van der Waals surface area contributed by atoms with Crippen molar-refractivity contribution in [3.8, 4) is 11.8 Å². The van der Waals surface area contributed by atoms with Crippen molar-refractivity contribution in [2.45, 2.75) is 19.0 Å². The zero-order chi connectivity index (χ0) is 13.5. The highest BCUT2D eigenvalue weighted by Gasteiger charge is 2.17. The van der Waals surface area contributed by atoms with Crippen molar-refractivity contribution < 1.29 is 14.6 Å². The average Bonchev–Trinajstić information content (AvgIpc) is 3.05. The molecule has 1 fully saturated rings. The molecule has 0 bridgehead atoms. The Kier molecular flexibility index (Phi) is 5.21. The Morgan fingerprint density at radius 1 is 1.58 bits per heavy atom. The number of carbonyl (C=O) groups excluding carboxylic acids is 1. The summed E-state index contributed by atoms with van der Waals surface area (Å²) in [5.41, 5.74) is 0. The molecule has 6 heteroatoms. The largest absolute Gasteiger partial charge is 0.384 e. The van der Waals surface area contributed by atoms with Crippen molar-refractivity contribution in [1.29, 1.82) is 0 Å². The number of hydrogen-bond donors (Lipinski definition) is 3. The van der Waals surface area contributed by atoms with Crippen LogP contribution in [0.25, 0.3) is 0 Å². The van der Waals surface area contributed by atoms with Crippen LogP contribution in [0.3, 0.4) is 0 Å². The first-order valence-corrected chi connectivity index (χ1v) is 6.90. The summed E-state index contributed by atoms with van der Waals surface area (Å²) in [4.78, 5) is 13.5. The highest BCUT2D eigenvalue weighted by Crippen LogP contribution is 2.14. The smallest absolute Gasteiger partial charge is 0.315 e. The predicted molar refractivity (Wildman–Crippen MR) is 72.9 cm³/mol. The minimum absolute atomic E-state index is 0.120. The van der Waals surface area contributed by atoms with Gasteiger partial charge in [0.25, 0.3) is 0 Å². The highest BCUT2D eigenvalue weighted by atomic mass is 32.1. The molecule has 1 aliphatic heterocycles. The Labute approximate surface area is 116 Å². The van der Waals surface area contributed by atoms with Crippen LogP contribution in [0.5, 0.6) is 0 Å². The van der Waals surface area contributed by atoms with Crippen molar-refractivity contribution in [1.82, 2.24) is 10.6 Å². The zero-order valence-electron chi connectivity index (χ0n) is 10.4. The number of ether oxygens (including phenoxy) is 1. The van der Waals surface area contributed by atoms with Gasteiger partial charge in [-0.25, -0.2) is 4.79 Å². The number of amides is 2. The highest BCUT2D eigenvalue weighted by molar-refractivity contribution is 7.12. The molecule has 1 aromatic heterocycles. The zero-order valence-corrected chi connectivity index (χ0v) is 11.3. The summed E-state index contributed by atoms with van der Waals surface area (Å²) in [6.07, 6.45) is 0.868. The monoisotopic (exact) mass is 280 g/mol. The van der Waals surface area contributed by atoms with Crippen LogP contribution >= 0.6 is 11.3 Å². The third-order valence-electron chi connectivity index (χ3n) is 2.64. The van der Waals surface area contributed by atoms with Gasteiger partial charge in [0.15, 0.2) is 0 Å². The minimum atomic E-state index is -0.174. The van der Waals surface area contributed by atoms with E-state index in [1.165, 1.54) is 11.3 Å². The van der Waals surface area contributed by atoms with Gasteiger partial charge < -0.3 is 20.5 Å². The summed E-state index contributed by atoms with van der Waals surface area (Å²) in [5, 5.41) is 14.3. The fourth-order valence-electron chi connectivity index (χ4n) is 1.72. The molecule has 1 aliphatic rings. The molecule has 0 aromatic carbocycles. The summed E-state index contributed by atoms with van der Waals surface area (Å²) >= 11 is 1.51. The van der Waals surface area contributed by atoms with Crippen molar-refractivity contribution in [2.24, 2.45) is 0 Å². The standard InChI is InChI=1S/C13H16N2O3S/c16-6-1-2-11-3-4-12(19-11)8-14-13(17)15-10-5-7-18-9-10/h3-4,10,16H,5-9H2,(H2,14,15,17). The molecule has 2 heterocycles. The van der Waals surface area contributed by atoms with E-state index in [1.54, 1.807) is 0 Å². The lowest BCUT2D eigenvalue weighted by atomic mass is 10.3. The maximum Gasteiger partial charge on any atom is 0.315 e. The van der Waals surface area contributed by atoms with E-state index in [9.17, 15) is 4.79 Å². The van der Waals surface area contributed by atoms with Crippen LogP contribution in [-0.4, -0.2) is 37.0 Å². The summed E-state index contributed by atoms with van der Waals surface area (Å²) in [6.45, 7) is 1.64. The summed E-state index contributed by atoms with van der Waals surface area (Å²) < 4.78 is 5.19. The van der Waals surface area contributed by atoms with Gasteiger partial charge in [0.05, 0.1) is 24.1 Å². The lowest BCUT2D eigenvalue weighted by molar-refractivity contribution is 0.188. The number of urea groups is 1. The second-order valence-electron chi connectivity index (χ2n) is 4.11. The number of aliphatic hydroxyl groups excluding tert-OH is 1. The van der Waals surface area contributed by atoms with Gasteiger partial charge in [-0.3, -0.25) is 0 Å². The molecule has 1 unspecified atom stereocenters. The molecule has 0 spiro atoms. The number of carbonyl (C=O) groups is 1. The van der Waals surface area contributed by atoms with E-state index in [-0.39, 0.29) is 18.7 Å². The molecule has 2 rings (SSSR count). The molecule has 1 aromatic rings. The van der Waals surface area contributed by atoms with Crippen LogP contribution in [-0.2, 0) is 11.3 Å². The van der Waals surface area contributed by atoms with E-state index in [0.29, 0.717) is 19.8 Å². The van der Waals surface area contributed by atoms with Gasteiger partial charge in [-0.1, -0.05) is 11.8 Å². The van der Waals surface area contributed by atoms with E-state index in [4.69, 9.17) is 9.84 Å². The summed E-state index contributed by atoms with van der Waals surface area (Å²) in [5.74, 6) is 5.43. The third kappa shape index (κ3) is 4.56. The first-order chi connectivity index (χ1) is 9.28. The molecule has 19 heavy (non-hydrogen) atoms. The van der Waals surface area contributed by atoms with Gasteiger partial charge in [0, 0.05) is 11.5 Å². The molecule has 5 nitrogen and oxygen atoms in total. The van der Waals surface area contributed by atoms with E-state index in [2.05, 4.69) is 22.5 Å². The minimum Gasteiger partial charge on any atom is -0.384 e. The van der Waals surface area contributed by atoms with Gasteiger partial charge in [-0.2, -0.15) is 0 Å². The van der Waals surface area contributed by atoms with Crippen LogP contribution in [0.15, 0.2) is 12.1 Å². The Morgan fingerprint density at radius 2 is 2.47 bits per heavy atom. The van der Waals surface area contributed by atoms with Crippen molar-refractivity contribution in [2.75, 3.05) is 19.8 Å². The molecular weight excluding hydrogens is 264 g/mol. The molecule has 0 radical (unpaired) electrons. The molecule has 102 valence electrons. The molecule has 0 aliphatic carbocycles. The number of rotatable bonds is 3. The SMILES string of the molecule is O=C(NCc1ccc(C#CCO)s1)NC1CCOC1. The van der Waals surface area contributed by atoms with Gasteiger partial charge in [0.2, 0.25) is 0 Å². The lowest BCUT2D eigenvalue weighted by Gasteiger charge is -2.11. The van der Waals surface area contributed by atoms with Gasteiger partial charge in [-0.05, 0) is 18.6 Å². The van der Waals surface area contributed by atoms with Crippen LogP contribution in [0.1, 0.15) is 16.2 Å². The first kappa shape index (κ1) is 13.9. The number of thiophene rings is 1. The first-order valence-electron chi connectivity index (χ1n) is 6.08. The average molecular weight is 280 g/mol. The van der Waals surface area contributed by atoms with Gasteiger partial charge in [-0.15, -0.1) is 11.3 Å². The maximum atomic E-state index is 11.6. The summed E-state index contributed by atoms with van der Waals surface area (Å²) in [7, 11) is 0. The second-order valence-corrected chi connectivity index (χ2v) is 5.28. The normalized spacial score (nSPS) is 17.6. The van der Waals surface area contributed by atoms with E-state index >= 15 is 0 Å². The fourth-order valence-corrected chi connectivity index (χ4v) is 2.54. The number of hydrogen-bond acceptors (Lipinski definition) is 4. The van der Waals surface area contributed by atoms with E-state index in [1.807, 2.05) is 12.1 Å². The van der Waals surface area contributed by atoms with Crippen LogP contribution in [0, 0.1) is 11.8 Å². The van der Waals surface area contributed by atoms with Crippen LogP contribution in [0.4, 0.5) is 4.79 Å². The molecule has 3 N–H and O–H groups in total. The Balaban J connectivity index is 1.75. The lowest BCUT2D eigenvalue weighted by Crippen LogP contribution is -2.41. The van der Waals surface area contributed by atoms with E-state index in [0.717, 1.165) is 16.2 Å². The second kappa shape index (κ2) is 7.14. The Morgan fingerprint density at radius 3 is 3.21 bits per heavy atom. The summed E-state index contributed by atoms with van der Waals surface area (Å²) in [6, 6.07) is 3.75. The van der Waals surface area contributed by atoms with Crippen molar-refractivity contribution in [3.05, 3.63) is 21.9 Å². The number of nitrogens with one attached hydrogen (secondary N) is 2. The number of aliphatic hydroxyl groups is 1. The molecule has 1 atom stereocenters.